The van der Waals surface area contributed by atoms with Crippen LogP contribution in [0.25, 0.3) is 22.2 Å². The van der Waals surface area contributed by atoms with Gasteiger partial charge < -0.3 is 4.90 Å². The van der Waals surface area contributed by atoms with Crippen molar-refractivity contribution in [2.24, 2.45) is 0 Å². The van der Waals surface area contributed by atoms with Crippen LogP contribution in [0.3, 0.4) is 0 Å². The standard InChI is InChI=1S/C23H22BrN3O2/c1-3-26(4-2)12-13-27-22(28)19-17-14-16(24)10-11-18(17)25-21(20(19)23(27)29)15-8-6-5-7-9-15/h5-11,14H,3-4,12-13H2,1-2H3. The molecule has 0 saturated heterocycles. The van der Waals surface area contributed by atoms with Crippen molar-refractivity contribution in [3.63, 3.8) is 0 Å². The van der Waals surface area contributed by atoms with Crippen LogP contribution in [0.15, 0.2) is 53.0 Å². The number of hydrogen-bond acceptors (Lipinski definition) is 4. The molecule has 2 aromatic carbocycles. The fraction of sp³-hybridized carbons (Fsp3) is 0.261. The molecule has 1 aliphatic heterocycles. The molecule has 0 spiro atoms. The maximum Gasteiger partial charge on any atom is 0.263 e. The lowest BCUT2D eigenvalue weighted by atomic mass is 9.98. The Morgan fingerprint density at radius 2 is 1.66 bits per heavy atom. The Morgan fingerprint density at radius 1 is 0.966 bits per heavy atom. The molecule has 148 valence electrons. The summed E-state index contributed by atoms with van der Waals surface area (Å²) in [5.74, 6) is -0.495. The number of rotatable bonds is 6. The van der Waals surface area contributed by atoms with Crippen molar-refractivity contribution in [3.8, 4) is 11.3 Å². The molecule has 2 heterocycles. The van der Waals surface area contributed by atoms with Crippen molar-refractivity contribution >= 4 is 38.6 Å². The van der Waals surface area contributed by atoms with E-state index >= 15 is 0 Å². The smallest absolute Gasteiger partial charge is 0.263 e. The van der Waals surface area contributed by atoms with Gasteiger partial charge in [-0.05, 0) is 31.3 Å². The number of aromatic nitrogens is 1. The Bertz CT molecular complexity index is 1090. The molecule has 0 radical (unpaired) electrons. The Morgan fingerprint density at radius 3 is 2.34 bits per heavy atom. The van der Waals surface area contributed by atoms with Gasteiger partial charge in [0.05, 0.1) is 22.3 Å². The topological polar surface area (TPSA) is 53.5 Å². The van der Waals surface area contributed by atoms with Crippen molar-refractivity contribution in [1.29, 1.82) is 0 Å². The highest BCUT2D eigenvalue weighted by atomic mass is 79.9. The molecule has 4 rings (SSSR count). The molecule has 0 saturated carbocycles. The monoisotopic (exact) mass is 451 g/mol. The van der Waals surface area contributed by atoms with E-state index in [0.717, 1.165) is 23.1 Å². The number of pyridine rings is 1. The maximum absolute atomic E-state index is 13.4. The molecule has 1 aromatic heterocycles. The van der Waals surface area contributed by atoms with Crippen LogP contribution in [0.5, 0.6) is 0 Å². The molecule has 0 unspecified atom stereocenters. The zero-order chi connectivity index (χ0) is 20.5. The van der Waals surface area contributed by atoms with Crippen molar-refractivity contribution in [3.05, 3.63) is 64.1 Å². The maximum atomic E-state index is 13.4. The van der Waals surface area contributed by atoms with Crippen LogP contribution in [0.1, 0.15) is 34.6 Å². The average Bonchev–Trinajstić information content (AvgIpc) is 3.00. The number of nitrogens with zero attached hydrogens (tertiary/aromatic N) is 3. The van der Waals surface area contributed by atoms with E-state index in [0.29, 0.717) is 40.8 Å². The summed E-state index contributed by atoms with van der Waals surface area (Å²) in [4.78, 5) is 35.1. The molecular formula is C23H22BrN3O2. The van der Waals surface area contributed by atoms with Crippen molar-refractivity contribution in [2.45, 2.75) is 13.8 Å². The molecule has 6 heteroatoms. The second-order valence-corrected chi connectivity index (χ2v) is 7.94. The minimum absolute atomic E-state index is 0.236. The lowest BCUT2D eigenvalue weighted by Gasteiger charge is -2.21. The third-order valence-corrected chi connectivity index (χ3v) is 5.94. The summed E-state index contributed by atoms with van der Waals surface area (Å²) < 4.78 is 0.850. The Kier molecular flexibility index (Phi) is 5.48. The van der Waals surface area contributed by atoms with Crippen LogP contribution in [-0.4, -0.2) is 52.8 Å². The molecule has 0 aliphatic carbocycles. The second kappa shape index (κ2) is 8.05. The lowest BCUT2D eigenvalue weighted by Crippen LogP contribution is -2.38. The molecule has 1 aliphatic rings. The van der Waals surface area contributed by atoms with Crippen LogP contribution in [0, 0.1) is 0 Å². The minimum Gasteiger partial charge on any atom is -0.302 e. The normalized spacial score (nSPS) is 13.6. The quantitative estimate of drug-likeness (QED) is 0.513. The van der Waals surface area contributed by atoms with Crippen molar-refractivity contribution in [1.82, 2.24) is 14.8 Å². The highest BCUT2D eigenvalue weighted by Crippen LogP contribution is 2.36. The zero-order valence-corrected chi connectivity index (χ0v) is 18.1. The fourth-order valence-corrected chi connectivity index (χ4v) is 4.18. The van der Waals surface area contributed by atoms with Gasteiger partial charge in [0.25, 0.3) is 11.8 Å². The van der Waals surface area contributed by atoms with Gasteiger partial charge in [-0.1, -0.05) is 60.1 Å². The van der Waals surface area contributed by atoms with E-state index in [-0.39, 0.29) is 11.8 Å². The van der Waals surface area contributed by atoms with Crippen LogP contribution >= 0.6 is 15.9 Å². The van der Waals surface area contributed by atoms with Gasteiger partial charge in [0, 0.05) is 28.5 Å². The first-order valence-electron chi connectivity index (χ1n) is 9.82. The number of imide groups is 1. The summed E-state index contributed by atoms with van der Waals surface area (Å²) in [6.45, 7) is 6.95. The van der Waals surface area contributed by atoms with Gasteiger partial charge in [-0.3, -0.25) is 14.5 Å². The number of fused-ring (bicyclic) bond motifs is 3. The molecule has 0 N–H and O–H groups in total. The third-order valence-electron chi connectivity index (χ3n) is 5.45. The summed E-state index contributed by atoms with van der Waals surface area (Å²) >= 11 is 3.48. The van der Waals surface area contributed by atoms with E-state index in [2.05, 4.69) is 34.7 Å². The number of hydrogen-bond donors (Lipinski definition) is 0. The number of halogens is 1. The van der Waals surface area contributed by atoms with Crippen LogP contribution in [0.2, 0.25) is 0 Å². The van der Waals surface area contributed by atoms with E-state index in [1.807, 2.05) is 48.5 Å². The summed E-state index contributed by atoms with van der Waals surface area (Å²) in [5, 5.41) is 0.706. The van der Waals surface area contributed by atoms with Gasteiger partial charge >= 0.3 is 0 Å². The molecule has 2 amide bonds. The fourth-order valence-electron chi connectivity index (χ4n) is 3.82. The Balaban J connectivity index is 1.87. The second-order valence-electron chi connectivity index (χ2n) is 7.03. The van der Waals surface area contributed by atoms with Crippen LogP contribution in [-0.2, 0) is 0 Å². The van der Waals surface area contributed by atoms with Gasteiger partial charge in [-0.15, -0.1) is 0 Å². The van der Waals surface area contributed by atoms with E-state index in [9.17, 15) is 9.59 Å². The zero-order valence-electron chi connectivity index (χ0n) is 16.5. The molecule has 0 atom stereocenters. The third kappa shape index (κ3) is 3.47. The SMILES string of the molecule is CCN(CC)CCN1C(=O)c2c(-c3ccccc3)nc3ccc(Br)cc3c2C1=O. The number of carbonyl (C=O) groups is 2. The van der Waals surface area contributed by atoms with Crippen molar-refractivity contribution in [2.75, 3.05) is 26.2 Å². The minimum atomic E-state index is -0.259. The van der Waals surface area contributed by atoms with Crippen molar-refractivity contribution < 1.29 is 9.59 Å². The first-order chi connectivity index (χ1) is 14.0. The molecule has 0 bridgehead atoms. The molecular weight excluding hydrogens is 430 g/mol. The van der Waals surface area contributed by atoms with E-state index < -0.39 is 0 Å². The van der Waals surface area contributed by atoms with Gasteiger partial charge in [0.1, 0.15) is 0 Å². The van der Waals surface area contributed by atoms with Crippen LogP contribution in [0.4, 0.5) is 0 Å². The number of amides is 2. The summed E-state index contributed by atoms with van der Waals surface area (Å²) in [7, 11) is 0. The van der Waals surface area contributed by atoms with Gasteiger partial charge in [0.2, 0.25) is 0 Å². The lowest BCUT2D eigenvalue weighted by molar-refractivity contribution is 0.0639. The van der Waals surface area contributed by atoms with Gasteiger partial charge in [0.15, 0.2) is 0 Å². The van der Waals surface area contributed by atoms with E-state index in [1.165, 1.54) is 4.90 Å². The predicted octanol–water partition coefficient (Wildman–Crippen LogP) is 4.60. The average molecular weight is 452 g/mol. The molecule has 5 nitrogen and oxygen atoms in total. The van der Waals surface area contributed by atoms with E-state index in [1.54, 1.807) is 0 Å². The Labute approximate surface area is 178 Å². The van der Waals surface area contributed by atoms with Gasteiger partial charge in [-0.2, -0.15) is 0 Å². The molecule has 3 aromatic rings. The molecule has 0 fully saturated rings. The summed E-state index contributed by atoms with van der Waals surface area (Å²) in [6, 6.07) is 15.2. The first-order valence-corrected chi connectivity index (χ1v) is 10.6. The highest BCUT2D eigenvalue weighted by molar-refractivity contribution is 9.10. The number of carbonyl (C=O) groups excluding carboxylic acids is 2. The van der Waals surface area contributed by atoms with E-state index in [4.69, 9.17) is 4.98 Å². The van der Waals surface area contributed by atoms with Crippen LogP contribution < -0.4 is 0 Å². The number of likely N-dealkylation sites (N-methyl/N-ethyl adjacent to an activating group) is 1. The molecule has 29 heavy (non-hydrogen) atoms. The Hall–Kier alpha value is -2.57. The largest absolute Gasteiger partial charge is 0.302 e. The summed E-state index contributed by atoms with van der Waals surface area (Å²) in [5.41, 5.74) is 2.98. The highest BCUT2D eigenvalue weighted by Gasteiger charge is 2.40. The predicted molar refractivity (Wildman–Crippen MR) is 118 cm³/mol. The number of benzene rings is 2. The first kappa shape index (κ1) is 19.7. The summed E-state index contributed by atoms with van der Waals surface area (Å²) in [6.07, 6.45) is 0. The van der Waals surface area contributed by atoms with Gasteiger partial charge in [-0.25, -0.2) is 4.98 Å².